The van der Waals surface area contributed by atoms with E-state index >= 15 is 0 Å². The molecule has 0 bridgehead atoms. The largest absolute Gasteiger partial charge is 0.254 e. The van der Waals surface area contributed by atoms with Crippen molar-refractivity contribution in [3.8, 4) is 0 Å². The molecule has 0 aromatic carbocycles. The highest BCUT2D eigenvalue weighted by Gasteiger charge is 2.06. The summed E-state index contributed by atoms with van der Waals surface area (Å²) in [6.07, 6.45) is 7.01. The third-order valence-corrected chi connectivity index (χ3v) is 1.62. The highest BCUT2D eigenvalue weighted by Crippen LogP contribution is 2.11. The van der Waals surface area contributed by atoms with Crippen molar-refractivity contribution >= 4 is 5.71 Å². The molecule has 2 N–H and O–H groups in total. The molecule has 0 aromatic rings. The van der Waals surface area contributed by atoms with Crippen LogP contribution in [0.15, 0.2) is 36.0 Å². The number of hydrogen-bond acceptors (Lipinski definition) is 0. The first kappa shape index (κ1) is 7.00. The van der Waals surface area contributed by atoms with Crippen molar-refractivity contribution in [1.29, 1.82) is 0 Å². The number of nitrogens with two attached hydrogens (primary N) is 1. The molecular weight excluding hydrogens is 122 g/mol. The Morgan fingerprint density at radius 1 is 1.50 bits per heavy atom. The fourth-order valence-corrected chi connectivity index (χ4v) is 0.864. The Bertz CT molecular complexity index is 231. The molecule has 0 aliphatic heterocycles. The van der Waals surface area contributed by atoms with E-state index in [2.05, 4.69) is 19.6 Å². The smallest absolute Gasteiger partial charge is 0.203 e. The molecule has 0 radical (unpaired) electrons. The van der Waals surface area contributed by atoms with Gasteiger partial charge in [-0.25, -0.2) is 0 Å². The quantitative estimate of drug-likeness (QED) is 0.545. The van der Waals surface area contributed by atoms with Crippen LogP contribution in [-0.4, -0.2) is 5.71 Å². The molecule has 0 fully saturated rings. The molecule has 1 rings (SSSR count). The lowest BCUT2D eigenvalue weighted by Crippen LogP contribution is -2.39. The second-order valence-electron chi connectivity index (χ2n) is 2.39. The molecule has 1 aliphatic rings. The minimum absolute atomic E-state index is 0.791. The summed E-state index contributed by atoms with van der Waals surface area (Å²) in [6.45, 7) is 5.88. The molecule has 0 atom stereocenters. The second-order valence-corrected chi connectivity index (χ2v) is 2.39. The fourth-order valence-electron chi connectivity index (χ4n) is 0.864. The zero-order valence-corrected chi connectivity index (χ0v) is 6.22. The molecule has 10 heavy (non-hydrogen) atoms. The number of allylic oxidation sites excluding steroid dienone is 5. The monoisotopic (exact) mass is 134 g/mol. The van der Waals surface area contributed by atoms with Crippen LogP contribution in [0.2, 0.25) is 0 Å². The van der Waals surface area contributed by atoms with Gasteiger partial charge in [0.15, 0.2) is 0 Å². The first-order valence-corrected chi connectivity index (χ1v) is 3.44. The van der Waals surface area contributed by atoms with Gasteiger partial charge >= 0.3 is 0 Å². The molecule has 1 aliphatic carbocycles. The second kappa shape index (κ2) is 2.65. The van der Waals surface area contributed by atoms with Gasteiger partial charge in [-0.3, -0.25) is 5.41 Å². The fraction of sp³-hybridized carbons (Fsp3) is 0.222. The van der Waals surface area contributed by atoms with Gasteiger partial charge in [0.1, 0.15) is 0 Å². The van der Waals surface area contributed by atoms with Crippen LogP contribution in [0.3, 0.4) is 0 Å². The molecule has 1 heteroatoms. The number of hydrogen-bond donors (Lipinski definition) is 1. The summed E-state index contributed by atoms with van der Waals surface area (Å²) in [5, 5.41) is 5.63. The predicted molar refractivity (Wildman–Crippen MR) is 43.6 cm³/mol. The van der Waals surface area contributed by atoms with Crippen molar-refractivity contribution in [3.05, 3.63) is 36.0 Å². The van der Waals surface area contributed by atoms with Crippen LogP contribution in [0.25, 0.3) is 0 Å². The lowest BCUT2D eigenvalue weighted by molar-refractivity contribution is -0.111. The van der Waals surface area contributed by atoms with Crippen molar-refractivity contribution in [2.45, 2.75) is 13.3 Å². The first-order chi connectivity index (χ1) is 4.74. The van der Waals surface area contributed by atoms with E-state index in [4.69, 9.17) is 5.41 Å². The summed E-state index contributed by atoms with van der Waals surface area (Å²) < 4.78 is 0. The van der Waals surface area contributed by atoms with Gasteiger partial charge in [0.2, 0.25) is 5.71 Å². The average molecular weight is 134 g/mol. The summed E-state index contributed by atoms with van der Waals surface area (Å²) in [7, 11) is 0. The van der Waals surface area contributed by atoms with Gasteiger partial charge in [0, 0.05) is 11.6 Å². The molecule has 0 saturated heterocycles. The predicted octanol–water partition coefficient (Wildman–Crippen LogP) is 0.649. The van der Waals surface area contributed by atoms with Crippen LogP contribution < -0.4 is 5.41 Å². The van der Waals surface area contributed by atoms with Crippen LogP contribution >= 0.6 is 0 Å². The van der Waals surface area contributed by atoms with Crippen LogP contribution in [0.4, 0.5) is 0 Å². The van der Waals surface area contributed by atoms with Gasteiger partial charge in [0.25, 0.3) is 0 Å². The maximum Gasteiger partial charge on any atom is 0.203 e. The normalized spacial score (nSPS) is 17.5. The van der Waals surface area contributed by atoms with E-state index < -0.39 is 0 Å². The lowest BCUT2D eigenvalue weighted by Gasteiger charge is -2.02. The van der Waals surface area contributed by atoms with Crippen molar-refractivity contribution in [1.82, 2.24) is 0 Å². The first-order valence-electron chi connectivity index (χ1n) is 3.44. The van der Waals surface area contributed by atoms with Crippen LogP contribution in [0.1, 0.15) is 13.3 Å². The van der Waals surface area contributed by atoms with Crippen molar-refractivity contribution in [2.24, 2.45) is 0 Å². The van der Waals surface area contributed by atoms with E-state index in [0.29, 0.717) is 0 Å². The SMILES string of the molecule is C=C1C=CC(CC)=CC1=[NH2+]. The zero-order valence-electron chi connectivity index (χ0n) is 6.22. The van der Waals surface area contributed by atoms with E-state index in [9.17, 15) is 0 Å². The van der Waals surface area contributed by atoms with Gasteiger partial charge in [-0.15, -0.1) is 0 Å². The van der Waals surface area contributed by atoms with E-state index in [1.807, 2.05) is 12.2 Å². The Morgan fingerprint density at radius 2 is 2.20 bits per heavy atom. The van der Waals surface area contributed by atoms with E-state index in [0.717, 1.165) is 17.7 Å². The molecule has 52 valence electrons. The highest BCUT2D eigenvalue weighted by molar-refractivity contribution is 6.07. The Hall–Kier alpha value is -1.11. The lowest BCUT2D eigenvalue weighted by atomic mass is 10.0. The van der Waals surface area contributed by atoms with Gasteiger partial charge in [-0.05, 0) is 18.1 Å². The molecule has 0 heterocycles. The minimum atomic E-state index is 0.791. The van der Waals surface area contributed by atoms with Gasteiger partial charge in [-0.2, -0.15) is 0 Å². The molecule has 0 spiro atoms. The van der Waals surface area contributed by atoms with Gasteiger partial charge in [-0.1, -0.05) is 19.6 Å². The van der Waals surface area contributed by atoms with Crippen LogP contribution in [0.5, 0.6) is 0 Å². The maximum atomic E-state index is 5.63. The van der Waals surface area contributed by atoms with Gasteiger partial charge < -0.3 is 0 Å². The standard InChI is InChI=1S/C9H11N/c1-3-8-5-4-7(2)9(10)6-8/h4-6,10H,2-3H2,1H3/p+1. The molecule has 0 aromatic heterocycles. The molecule has 1 nitrogen and oxygen atoms in total. The molecular formula is C9H12N+. The van der Waals surface area contributed by atoms with Crippen molar-refractivity contribution in [2.75, 3.05) is 0 Å². The molecule has 0 unspecified atom stereocenters. The number of rotatable bonds is 1. The Kier molecular flexibility index (Phi) is 1.86. The topological polar surface area (TPSA) is 25.6 Å². The van der Waals surface area contributed by atoms with Crippen molar-refractivity contribution < 1.29 is 5.41 Å². The van der Waals surface area contributed by atoms with E-state index in [-0.39, 0.29) is 0 Å². The van der Waals surface area contributed by atoms with Gasteiger partial charge in [0.05, 0.1) is 0 Å². The summed E-state index contributed by atoms with van der Waals surface area (Å²) in [6, 6.07) is 0. The van der Waals surface area contributed by atoms with Crippen molar-refractivity contribution in [3.63, 3.8) is 0 Å². The summed E-state index contributed by atoms with van der Waals surface area (Å²) in [5.41, 5.74) is 2.97. The molecule has 0 amide bonds. The van der Waals surface area contributed by atoms with Crippen LogP contribution in [-0.2, 0) is 0 Å². The average Bonchev–Trinajstić information content (AvgIpc) is 1.95. The summed E-state index contributed by atoms with van der Waals surface area (Å²) in [5.74, 6) is 0. The third kappa shape index (κ3) is 1.24. The minimum Gasteiger partial charge on any atom is -0.254 e. The maximum absolute atomic E-state index is 5.63. The highest BCUT2D eigenvalue weighted by atomic mass is 14.4. The Balaban J connectivity index is 2.86. The van der Waals surface area contributed by atoms with E-state index in [1.165, 1.54) is 5.57 Å². The van der Waals surface area contributed by atoms with E-state index in [1.54, 1.807) is 0 Å². The Labute approximate surface area is 61.3 Å². The van der Waals surface area contributed by atoms with Crippen LogP contribution in [0, 0.1) is 0 Å². The summed E-state index contributed by atoms with van der Waals surface area (Å²) >= 11 is 0. The molecule has 0 saturated carbocycles. The Morgan fingerprint density at radius 3 is 2.70 bits per heavy atom. The third-order valence-electron chi connectivity index (χ3n) is 1.62. The zero-order chi connectivity index (χ0) is 7.56. The summed E-state index contributed by atoms with van der Waals surface area (Å²) in [4.78, 5) is 0.